The first-order valence-electron chi connectivity index (χ1n) is 11.1. The van der Waals surface area contributed by atoms with Gasteiger partial charge in [0.05, 0.1) is 12.3 Å². The van der Waals surface area contributed by atoms with Gasteiger partial charge in [-0.2, -0.15) is 0 Å². The molecule has 2 unspecified atom stereocenters. The lowest BCUT2D eigenvalue weighted by Gasteiger charge is -2.37. The van der Waals surface area contributed by atoms with E-state index in [4.69, 9.17) is 4.74 Å². The molecule has 1 saturated carbocycles. The van der Waals surface area contributed by atoms with E-state index in [9.17, 15) is 9.59 Å². The molecule has 3 aliphatic rings. The number of hydrogen-bond acceptors (Lipinski definition) is 5. The fourth-order valence-electron chi connectivity index (χ4n) is 4.25. The normalized spacial score (nSPS) is 25.7. The highest BCUT2D eigenvalue weighted by atomic mass is 16.5. The molecule has 158 valence electrons. The van der Waals surface area contributed by atoms with Crippen LogP contribution in [0.25, 0.3) is 0 Å². The molecule has 1 aromatic carbocycles. The van der Waals surface area contributed by atoms with Gasteiger partial charge in [-0.1, -0.05) is 26.0 Å². The number of imide groups is 1. The average molecular weight is 400 g/mol. The molecule has 6 heteroatoms. The largest absolute Gasteiger partial charge is 0.491 e. The monoisotopic (exact) mass is 399 g/mol. The number of amides is 2. The van der Waals surface area contributed by atoms with Gasteiger partial charge in [0.2, 0.25) is 11.8 Å². The van der Waals surface area contributed by atoms with Gasteiger partial charge < -0.3 is 9.64 Å². The summed E-state index contributed by atoms with van der Waals surface area (Å²) in [4.78, 5) is 30.7. The maximum absolute atomic E-state index is 12.2. The van der Waals surface area contributed by atoms with Crippen LogP contribution in [0.15, 0.2) is 24.3 Å². The Hall–Kier alpha value is -2.08. The van der Waals surface area contributed by atoms with Gasteiger partial charge in [-0.05, 0) is 43.9 Å². The lowest BCUT2D eigenvalue weighted by atomic mass is 10.00. The number of ether oxygens (including phenoxy) is 1. The summed E-state index contributed by atoms with van der Waals surface area (Å²) in [5, 5.41) is 0. The molecule has 1 aliphatic carbocycles. The van der Waals surface area contributed by atoms with Crippen molar-refractivity contribution in [1.29, 1.82) is 0 Å². The van der Waals surface area contributed by atoms with E-state index >= 15 is 0 Å². The predicted octanol–water partition coefficient (Wildman–Crippen LogP) is 2.63. The number of carbonyl (C=O) groups is 2. The van der Waals surface area contributed by atoms with Crippen LogP contribution in [0.5, 0.6) is 5.75 Å². The Morgan fingerprint density at radius 1 is 0.931 bits per heavy atom. The minimum Gasteiger partial charge on any atom is -0.491 e. The number of benzene rings is 1. The maximum Gasteiger partial charge on any atom is 0.232 e. The Labute approximate surface area is 173 Å². The molecule has 29 heavy (non-hydrogen) atoms. The molecule has 0 N–H and O–H groups in total. The van der Waals surface area contributed by atoms with Gasteiger partial charge >= 0.3 is 0 Å². The summed E-state index contributed by atoms with van der Waals surface area (Å²) >= 11 is 0. The highest BCUT2D eigenvalue weighted by molar-refractivity contribution is 6.04. The SMILES string of the molecule is CC1C(=O)N(CCCN2CCN(c3ccccc3OCC3CC3)CC2)C(=O)C1C. The summed E-state index contributed by atoms with van der Waals surface area (Å²) in [6.45, 7) is 9.95. The van der Waals surface area contributed by atoms with Crippen LogP contribution in [0.4, 0.5) is 5.69 Å². The third kappa shape index (κ3) is 4.58. The standard InChI is InChI=1S/C23H33N3O3/c1-17-18(2)23(28)26(22(17)27)11-5-10-24-12-14-25(15-13-24)20-6-3-4-7-21(20)29-16-19-8-9-19/h3-4,6-7,17-19H,5,8-16H2,1-2H3. The van der Waals surface area contributed by atoms with Gasteiger partial charge in [-0.25, -0.2) is 0 Å². The molecule has 2 saturated heterocycles. The molecule has 3 fully saturated rings. The molecule has 6 nitrogen and oxygen atoms in total. The number of carbonyl (C=O) groups excluding carboxylic acids is 2. The van der Waals surface area contributed by atoms with Crippen LogP contribution in [-0.4, -0.2) is 67.5 Å². The fourth-order valence-corrected chi connectivity index (χ4v) is 4.25. The third-order valence-corrected chi connectivity index (χ3v) is 6.67. The molecule has 0 spiro atoms. The van der Waals surface area contributed by atoms with Crippen LogP contribution in [0.3, 0.4) is 0 Å². The number of piperazine rings is 1. The molecular weight excluding hydrogens is 366 g/mol. The van der Waals surface area contributed by atoms with Gasteiger partial charge in [-0.15, -0.1) is 0 Å². The Morgan fingerprint density at radius 3 is 2.24 bits per heavy atom. The van der Waals surface area contributed by atoms with Crippen LogP contribution in [-0.2, 0) is 9.59 Å². The van der Waals surface area contributed by atoms with Crippen molar-refractivity contribution in [3.05, 3.63) is 24.3 Å². The summed E-state index contributed by atoms with van der Waals surface area (Å²) < 4.78 is 6.08. The number of para-hydroxylation sites is 2. The van der Waals surface area contributed by atoms with Crippen LogP contribution >= 0.6 is 0 Å². The first-order chi connectivity index (χ1) is 14.0. The Kier molecular flexibility index (Phi) is 6.09. The number of likely N-dealkylation sites (tertiary alicyclic amines) is 1. The molecular formula is C23H33N3O3. The lowest BCUT2D eigenvalue weighted by molar-refractivity contribution is -0.139. The first-order valence-corrected chi connectivity index (χ1v) is 11.1. The van der Waals surface area contributed by atoms with Crippen molar-refractivity contribution in [3.63, 3.8) is 0 Å². The van der Waals surface area contributed by atoms with Crippen molar-refractivity contribution in [1.82, 2.24) is 9.80 Å². The van der Waals surface area contributed by atoms with Gasteiger partial charge in [0.1, 0.15) is 5.75 Å². The second kappa shape index (κ2) is 8.74. The summed E-state index contributed by atoms with van der Waals surface area (Å²) in [7, 11) is 0. The summed E-state index contributed by atoms with van der Waals surface area (Å²) in [5.74, 6) is 1.40. The van der Waals surface area contributed by atoms with Gasteiger partial charge in [0.25, 0.3) is 0 Å². The van der Waals surface area contributed by atoms with Crippen LogP contribution in [0.2, 0.25) is 0 Å². The van der Waals surface area contributed by atoms with E-state index in [2.05, 4.69) is 28.0 Å². The number of hydrogen-bond donors (Lipinski definition) is 0. The first kappa shape index (κ1) is 20.2. The van der Waals surface area contributed by atoms with Crippen LogP contribution in [0, 0.1) is 17.8 Å². The molecule has 2 aliphatic heterocycles. The predicted molar refractivity (Wildman–Crippen MR) is 113 cm³/mol. The summed E-state index contributed by atoms with van der Waals surface area (Å²) in [6, 6.07) is 8.36. The number of anilines is 1. The molecule has 0 bridgehead atoms. The Balaban J connectivity index is 1.23. The van der Waals surface area contributed by atoms with Crippen molar-refractivity contribution in [2.45, 2.75) is 33.1 Å². The second-order valence-corrected chi connectivity index (χ2v) is 8.81. The second-order valence-electron chi connectivity index (χ2n) is 8.81. The molecule has 0 radical (unpaired) electrons. The van der Waals surface area contributed by atoms with E-state index in [1.54, 1.807) is 0 Å². The zero-order valence-electron chi connectivity index (χ0n) is 17.7. The molecule has 2 atom stereocenters. The Morgan fingerprint density at radius 2 is 1.59 bits per heavy atom. The molecule has 0 aromatic heterocycles. The number of nitrogens with zero attached hydrogens (tertiary/aromatic N) is 3. The Bertz CT molecular complexity index is 721. The quantitative estimate of drug-likeness (QED) is 0.629. The van der Waals surface area contributed by atoms with Gasteiger partial charge in [-0.3, -0.25) is 19.4 Å². The highest BCUT2D eigenvalue weighted by Gasteiger charge is 2.41. The van der Waals surface area contributed by atoms with Crippen molar-refractivity contribution in [2.24, 2.45) is 17.8 Å². The fraction of sp³-hybridized carbons (Fsp3) is 0.652. The molecule has 1 aromatic rings. The van der Waals surface area contributed by atoms with E-state index < -0.39 is 0 Å². The van der Waals surface area contributed by atoms with Crippen molar-refractivity contribution >= 4 is 17.5 Å². The smallest absolute Gasteiger partial charge is 0.232 e. The zero-order chi connectivity index (χ0) is 20.4. The van der Waals surface area contributed by atoms with Crippen LogP contribution < -0.4 is 9.64 Å². The summed E-state index contributed by atoms with van der Waals surface area (Å²) in [5.41, 5.74) is 1.20. The highest BCUT2D eigenvalue weighted by Crippen LogP contribution is 2.33. The van der Waals surface area contributed by atoms with E-state index in [1.807, 2.05) is 19.9 Å². The van der Waals surface area contributed by atoms with Gasteiger partial charge in [0, 0.05) is 44.6 Å². The van der Waals surface area contributed by atoms with E-state index in [0.717, 1.165) is 57.4 Å². The molecule has 2 amide bonds. The van der Waals surface area contributed by atoms with Crippen molar-refractivity contribution in [3.8, 4) is 5.75 Å². The van der Waals surface area contributed by atoms with Crippen LogP contribution in [0.1, 0.15) is 33.1 Å². The maximum atomic E-state index is 12.2. The topological polar surface area (TPSA) is 53.1 Å². The third-order valence-electron chi connectivity index (χ3n) is 6.67. The van der Waals surface area contributed by atoms with E-state index in [0.29, 0.717) is 6.54 Å². The number of rotatable bonds is 8. The van der Waals surface area contributed by atoms with Crippen molar-refractivity contribution in [2.75, 3.05) is 50.8 Å². The minimum absolute atomic E-state index is 0.00451. The average Bonchev–Trinajstić information content (AvgIpc) is 3.56. The van der Waals surface area contributed by atoms with Crippen molar-refractivity contribution < 1.29 is 14.3 Å². The van der Waals surface area contributed by atoms with Gasteiger partial charge in [0.15, 0.2) is 0 Å². The lowest BCUT2D eigenvalue weighted by Crippen LogP contribution is -2.47. The molecule has 2 heterocycles. The minimum atomic E-state index is -0.173. The molecule has 4 rings (SSSR count). The van der Waals surface area contributed by atoms with E-state index in [1.165, 1.54) is 23.4 Å². The summed E-state index contributed by atoms with van der Waals surface area (Å²) in [6.07, 6.45) is 3.44. The zero-order valence-corrected chi connectivity index (χ0v) is 17.7. The van der Waals surface area contributed by atoms with E-state index in [-0.39, 0.29) is 23.7 Å².